The molecule has 0 radical (unpaired) electrons. The molecule has 27 heavy (non-hydrogen) atoms. The van der Waals surface area contributed by atoms with E-state index in [4.69, 9.17) is 32.7 Å². The molecule has 0 aliphatic heterocycles. The first-order valence-electron chi connectivity index (χ1n) is 7.92. The molecule has 3 rings (SSSR count). The number of hydrogen-bond donors (Lipinski definition) is 1. The highest BCUT2D eigenvalue weighted by Crippen LogP contribution is 2.35. The van der Waals surface area contributed by atoms with Crippen LogP contribution in [0.3, 0.4) is 0 Å². The van der Waals surface area contributed by atoms with Gasteiger partial charge in [-0.3, -0.25) is 4.79 Å². The summed E-state index contributed by atoms with van der Waals surface area (Å²) >= 11 is 13.6. The Morgan fingerprint density at radius 2 is 1.89 bits per heavy atom. The van der Waals surface area contributed by atoms with Gasteiger partial charge in [0.15, 0.2) is 5.13 Å². The summed E-state index contributed by atoms with van der Waals surface area (Å²) in [6.07, 6.45) is 0.0654. The van der Waals surface area contributed by atoms with E-state index in [1.165, 1.54) is 11.3 Å². The van der Waals surface area contributed by atoms with Crippen LogP contribution in [0.5, 0.6) is 11.5 Å². The summed E-state index contributed by atoms with van der Waals surface area (Å²) in [5.41, 5.74) is 2.05. The van der Waals surface area contributed by atoms with E-state index in [1.807, 2.05) is 23.6 Å². The van der Waals surface area contributed by atoms with Gasteiger partial charge in [0.1, 0.15) is 11.5 Å². The summed E-state index contributed by atoms with van der Waals surface area (Å²) in [5.74, 6) is 1.11. The van der Waals surface area contributed by atoms with Crippen LogP contribution in [-0.4, -0.2) is 25.1 Å². The van der Waals surface area contributed by atoms with Crippen LogP contribution in [0.15, 0.2) is 41.8 Å². The molecule has 0 spiro atoms. The van der Waals surface area contributed by atoms with Crippen LogP contribution in [0.25, 0.3) is 11.3 Å². The topological polar surface area (TPSA) is 60.5 Å². The molecule has 1 aromatic heterocycles. The first-order valence-corrected chi connectivity index (χ1v) is 9.56. The molecule has 0 saturated heterocycles. The Morgan fingerprint density at radius 3 is 2.56 bits per heavy atom. The Hall–Kier alpha value is -2.28. The lowest BCUT2D eigenvalue weighted by Crippen LogP contribution is -2.14. The first kappa shape index (κ1) is 19.5. The number of thiazole rings is 1. The fourth-order valence-electron chi connectivity index (χ4n) is 2.49. The van der Waals surface area contributed by atoms with E-state index in [0.717, 1.165) is 5.56 Å². The Balaban J connectivity index is 1.78. The van der Waals surface area contributed by atoms with Gasteiger partial charge in [0.05, 0.1) is 26.3 Å². The van der Waals surface area contributed by atoms with Crippen LogP contribution in [0.1, 0.15) is 5.56 Å². The number of halogens is 2. The Labute approximate surface area is 170 Å². The number of anilines is 1. The van der Waals surface area contributed by atoms with Crippen molar-refractivity contribution in [2.75, 3.05) is 19.5 Å². The van der Waals surface area contributed by atoms with E-state index in [0.29, 0.717) is 37.9 Å². The van der Waals surface area contributed by atoms with Crippen LogP contribution in [0.4, 0.5) is 5.13 Å². The highest BCUT2D eigenvalue weighted by atomic mass is 35.5. The third kappa shape index (κ3) is 4.53. The Morgan fingerprint density at radius 1 is 1.15 bits per heavy atom. The molecule has 1 amide bonds. The fourth-order valence-corrected chi connectivity index (χ4v) is 3.75. The Bertz CT molecular complexity index is 955. The number of aromatic nitrogens is 1. The van der Waals surface area contributed by atoms with Crippen LogP contribution in [-0.2, 0) is 11.2 Å². The molecule has 0 unspecified atom stereocenters. The average molecular weight is 423 g/mol. The van der Waals surface area contributed by atoms with Gasteiger partial charge in [-0.05, 0) is 35.9 Å². The van der Waals surface area contributed by atoms with E-state index in [1.54, 1.807) is 32.4 Å². The van der Waals surface area contributed by atoms with Gasteiger partial charge >= 0.3 is 0 Å². The molecular weight excluding hydrogens is 407 g/mol. The number of rotatable bonds is 6. The molecular formula is C19H16Cl2N2O3S. The van der Waals surface area contributed by atoms with Gasteiger partial charge in [0.25, 0.3) is 0 Å². The number of nitrogens with one attached hydrogen (secondary N) is 1. The van der Waals surface area contributed by atoms with Crippen LogP contribution in [0, 0.1) is 0 Å². The zero-order chi connectivity index (χ0) is 19.4. The van der Waals surface area contributed by atoms with Crippen molar-refractivity contribution >= 4 is 45.6 Å². The maximum atomic E-state index is 12.3. The summed E-state index contributed by atoms with van der Waals surface area (Å²) in [4.78, 5) is 16.8. The highest BCUT2D eigenvalue weighted by molar-refractivity contribution is 7.14. The minimum absolute atomic E-state index is 0.0654. The van der Waals surface area contributed by atoms with Crippen LogP contribution < -0.4 is 14.8 Å². The van der Waals surface area contributed by atoms with Crippen molar-refractivity contribution in [3.8, 4) is 22.8 Å². The molecule has 3 aromatic rings. The number of amides is 1. The number of hydrogen-bond acceptors (Lipinski definition) is 5. The molecule has 8 heteroatoms. The molecule has 1 heterocycles. The maximum Gasteiger partial charge on any atom is 0.230 e. The lowest BCUT2D eigenvalue weighted by atomic mass is 10.1. The van der Waals surface area contributed by atoms with Gasteiger partial charge in [-0.2, -0.15) is 0 Å². The smallest absolute Gasteiger partial charge is 0.230 e. The highest BCUT2D eigenvalue weighted by Gasteiger charge is 2.15. The lowest BCUT2D eigenvalue weighted by molar-refractivity contribution is -0.115. The number of carbonyl (C=O) groups is 1. The summed E-state index contributed by atoms with van der Waals surface area (Å²) in [6.45, 7) is 0. The monoisotopic (exact) mass is 422 g/mol. The quantitative estimate of drug-likeness (QED) is 0.583. The second-order valence-corrected chi connectivity index (χ2v) is 7.20. The van der Waals surface area contributed by atoms with Gasteiger partial charge in [-0.15, -0.1) is 11.3 Å². The van der Waals surface area contributed by atoms with Crippen molar-refractivity contribution < 1.29 is 14.3 Å². The third-order valence-corrected chi connectivity index (χ3v) is 5.30. The molecule has 0 atom stereocenters. The SMILES string of the molecule is COc1ccc(OC)c(-c2csc(NC(=O)Cc3c(Cl)cccc3Cl)n2)c1. The van der Waals surface area contributed by atoms with E-state index in [2.05, 4.69) is 10.3 Å². The normalized spacial score (nSPS) is 10.5. The molecule has 0 aliphatic carbocycles. The largest absolute Gasteiger partial charge is 0.497 e. The van der Waals surface area contributed by atoms with Crippen LogP contribution >= 0.6 is 34.5 Å². The number of methoxy groups -OCH3 is 2. The number of ether oxygens (including phenoxy) is 2. The molecule has 0 bridgehead atoms. The Kier molecular flexibility index (Phi) is 6.21. The van der Waals surface area contributed by atoms with Gasteiger partial charge in [-0.25, -0.2) is 4.98 Å². The molecule has 140 valence electrons. The predicted molar refractivity (Wildman–Crippen MR) is 109 cm³/mol. The molecule has 1 N–H and O–H groups in total. The van der Waals surface area contributed by atoms with Crippen molar-refractivity contribution in [3.05, 3.63) is 57.4 Å². The third-order valence-electron chi connectivity index (χ3n) is 3.83. The molecule has 2 aromatic carbocycles. The molecule has 0 saturated carbocycles. The van der Waals surface area contributed by atoms with Gasteiger partial charge in [0, 0.05) is 21.0 Å². The van der Waals surface area contributed by atoms with Gasteiger partial charge in [-0.1, -0.05) is 29.3 Å². The molecule has 0 aliphatic rings. The van der Waals surface area contributed by atoms with Crippen LogP contribution in [0.2, 0.25) is 10.0 Å². The zero-order valence-electron chi connectivity index (χ0n) is 14.6. The minimum atomic E-state index is -0.247. The molecule has 0 fully saturated rings. The fraction of sp³-hybridized carbons (Fsp3) is 0.158. The number of carbonyl (C=O) groups excluding carboxylic acids is 1. The minimum Gasteiger partial charge on any atom is -0.497 e. The van der Waals surface area contributed by atoms with Crippen molar-refractivity contribution in [2.24, 2.45) is 0 Å². The van der Waals surface area contributed by atoms with E-state index < -0.39 is 0 Å². The second-order valence-electron chi connectivity index (χ2n) is 5.53. The van der Waals surface area contributed by atoms with Crippen molar-refractivity contribution in [2.45, 2.75) is 6.42 Å². The summed E-state index contributed by atoms with van der Waals surface area (Å²) < 4.78 is 10.6. The van der Waals surface area contributed by atoms with Crippen molar-refractivity contribution in [3.63, 3.8) is 0 Å². The summed E-state index contributed by atoms with van der Waals surface area (Å²) in [7, 11) is 3.19. The van der Waals surface area contributed by atoms with E-state index >= 15 is 0 Å². The zero-order valence-corrected chi connectivity index (χ0v) is 16.9. The van der Waals surface area contributed by atoms with Crippen molar-refractivity contribution in [1.82, 2.24) is 4.98 Å². The van der Waals surface area contributed by atoms with Gasteiger partial charge in [0.2, 0.25) is 5.91 Å². The maximum absolute atomic E-state index is 12.3. The summed E-state index contributed by atoms with van der Waals surface area (Å²) in [6, 6.07) is 10.6. The van der Waals surface area contributed by atoms with Crippen molar-refractivity contribution in [1.29, 1.82) is 0 Å². The van der Waals surface area contributed by atoms with Gasteiger partial charge < -0.3 is 14.8 Å². The predicted octanol–water partition coefficient (Wildman–Crippen LogP) is 5.32. The lowest BCUT2D eigenvalue weighted by Gasteiger charge is -2.08. The molecule has 5 nitrogen and oxygen atoms in total. The first-order chi connectivity index (χ1) is 13.0. The second kappa shape index (κ2) is 8.61. The van der Waals surface area contributed by atoms with E-state index in [9.17, 15) is 4.79 Å². The van der Waals surface area contributed by atoms with E-state index in [-0.39, 0.29) is 12.3 Å². The standard InChI is InChI=1S/C19H16Cl2N2O3S/c1-25-11-6-7-17(26-2)13(8-11)16-10-27-19(22-16)23-18(24)9-12-14(20)4-3-5-15(12)21/h3-8,10H,9H2,1-2H3,(H,22,23,24). The average Bonchev–Trinajstić information content (AvgIpc) is 3.12. The number of nitrogens with zero attached hydrogens (tertiary/aromatic N) is 1. The summed E-state index contributed by atoms with van der Waals surface area (Å²) in [5, 5.41) is 6.01. The number of benzene rings is 2.